The van der Waals surface area contributed by atoms with Gasteiger partial charge in [0.25, 0.3) is 0 Å². The van der Waals surface area contributed by atoms with Crippen LogP contribution in [0.2, 0.25) is 0 Å². The predicted molar refractivity (Wildman–Crippen MR) is 124 cm³/mol. The average Bonchev–Trinajstić information content (AvgIpc) is 2.79. The SMILES string of the molecule is COC(=O)C(C)(C)CO/N=C(\C)c1ccc(Sc2cc(F)cc(C3CCOCC3)c2)cc1. The molecule has 0 N–H and O–H groups in total. The molecule has 3 rings (SSSR count). The van der Waals surface area contributed by atoms with Crippen LogP contribution in [0.15, 0.2) is 57.4 Å². The second kappa shape index (κ2) is 11.0. The van der Waals surface area contributed by atoms with Gasteiger partial charge in [0.2, 0.25) is 0 Å². The van der Waals surface area contributed by atoms with Gasteiger partial charge in [-0.05, 0) is 81.0 Å². The third kappa shape index (κ3) is 6.56. The van der Waals surface area contributed by atoms with Crippen molar-refractivity contribution in [3.8, 4) is 0 Å². The Kier molecular flexibility index (Phi) is 8.32. The van der Waals surface area contributed by atoms with E-state index in [1.54, 1.807) is 26.0 Å². The van der Waals surface area contributed by atoms with Gasteiger partial charge in [-0.25, -0.2) is 4.39 Å². The van der Waals surface area contributed by atoms with Crippen molar-refractivity contribution in [3.63, 3.8) is 0 Å². The Morgan fingerprint density at radius 3 is 2.50 bits per heavy atom. The Morgan fingerprint density at radius 1 is 1.16 bits per heavy atom. The van der Waals surface area contributed by atoms with Gasteiger partial charge in [0.05, 0.1) is 18.2 Å². The molecule has 0 aliphatic carbocycles. The van der Waals surface area contributed by atoms with Crippen LogP contribution in [0.1, 0.15) is 50.7 Å². The highest BCUT2D eigenvalue weighted by molar-refractivity contribution is 7.99. The Balaban J connectivity index is 1.63. The first-order valence-corrected chi connectivity index (χ1v) is 11.5. The number of benzene rings is 2. The fourth-order valence-electron chi connectivity index (χ4n) is 3.49. The molecule has 5 nitrogen and oxygen atoms in total. The van der Waals surface area contributed by atoms with Gasteiger partial charge < -0.3 is 14.3 Å². The first kappa shape index (κ1) is 24.3. The van der Waals surface area contributed by atoms with Crippen molar-refractivity contribution < 1.29 is 23.5 Å². The van der Waals surface area contributed by atoms with Crippen LogP contribution in [0.5, 0.6) is 0 Å². The molecule has 1 saturated heterocycles. The van der Waals surface area contributed by atoms with E-state index in [9.17, 15) is 9.18 Å². The topological polar surface area (TPSA) is 57.1 Å². The maximum atomic E-state index is 14.2. The van der Waals surface area contributed by atoms with Crippen molar-refractivity contribution in [1.29, 1.82) is 0 Å². The summed E-state index contributed by atoms with van der Waals surface area (Å²) in [5, 5.41) is 4.13. The van der Waals surface area contributed by atoms with Crippen LogP contribution >= 0.6 is 11.8 Å². The van der Waals surface area contributed by atoms with E-state index in [0.717, 1.165) is 47.0 Å². The highest BCUT2D eigenvalue weighted by Gasteiger charge is 2.30. The van der Waals surface area contributed by atoms with E-state index in [0.29, 0.717) is 11.6 Å². The molecular weight excluding hydrogens is 429 g/mol. The lowest BCUT2D eigenvalue weighted by Gasteiger charge is -2.22. The zero-order valence-electron chi connectivity index (χ0n) is 19.0. The molecule has 2 aromatic rings. The van der Waals surface area contributed by atoms with Crippen LogP contribution in [-0.2, 0) is 19.1 Å². The van der Waals surface area contributed by atoms with E-state index < -0.39 is 5.41 Å². The largest absolute Gasteiger partial charge is 0.469 e. The van der Waals surface area contributed by atoms with Crippen LogP contribution in [-0.4, -0.2) is 38.6 Å². The normalized spacial score (nSPS) is 15.5. The number of ether oxygens (including phenoxy) is 2. The summed E-state index contributed by atoms with van der Waals surface area (Å²) in [7, 11) is 1.35. The second-order valence-electron chi connectivity index (χ2n) is 8.56. The molecule has 1 heterocycles. The van der Waals surface area contributed by atoms with Crippen molar-refractivity contribution in [2.45, 2.75) is 49.3 Å². The Bertz CT molecular complexity index is 953. The molecule has 1 aliphatic rings. The van der Waals surface area contributed by atoms with Crippen molar-refractivity contribution in [3.05, 3.63) is 59.4 Å². The number of halogens is 1. The molecule has 0 spiro atoms. The van der Waals surface area contributed by atoms with E-state index in [2.05, 4.69) is 11.2 Å². The monoisotopic (exact) mass is 459 g/mol. The summed E-state index contributed by atoms with van der Waals surface area (Å²) < 4.78 is 24.4. The number of hydrogen-bond acceptors (Lipinski definition) is 6. The highest BCUT2D eigenvalue weighted by Crippen LogP contribution is 2.34. The molecular formula is C25H30FNO4S. The lowest BCUT2D eigenvalue weighted by Crippen LogP contribution is -2.30. The number of hydrogen-bond donors (Lipinski definition) is 0. The van der Waals surface area contributed by atoms with E-state index in [1.165, 1.54) is 18.9 Å². The van der Waals surface area contributed by atoms with Gasteiger partial charge >= 0.3 is 5.97 Å². The summed E-state index contributed by atoms with van der Waals surface area (Å²) in [5.41, 5.74) is 1.89. The minimum absolute atomic E-state index is 0.125. The van der Waals surface area contributed by atoms with Crippen LogP contribution in [0.4, 0.5) is 4.39 Å². The molecule has 0 atom stereocenters. The number of nitrogens with zero attached hydrogens (tertiary/aromatic N) is 1. The van der Waals surface area contributed by atoms with Crippen LogP contribution < -0.4 is 0 Å². The fourth-order valence-corrected chi connectivity index (χ4v) is 4.40. The van der Waals surface area contributed by atoms with Gasteiger partial charge in [-0.1, -0.05) is 29.1 Å². The van der Waals surface area contributed by atoms with Crippen LogP contribution in [0.25, 0.3) is 0 Å². The molecule has 0 bridgehead atoms. The summed E-state index contributed by atoms with van der Waals surface area (Å²) in [6, 6.07) is 13.2. The van der Waals surface area contributed by atoms with Crippen molar-refractivity contribution >= 4 is 23.4 Å². The molecule has 0 radical (unpaired) electrons. The van der Waals surface area contributed by atoms with Crippen molar-refractivity contribution in [2.24, 2.45) is 10.6 Å². The van der Waals surface area contributed by atoms with Gasteiger partial charge in [-0.15, -0.1) is 0 Å². The molecule has 0 aromatic heterocycles. The summed E-state index contributed by atoms with van der Waals surface area (Å²) in [5.74, 6) is -0.198. The van der Waals surface area contributed by atoms with E-state index in [4.69, 9.17) is 14.3 Å². The fraction of sp³-hybridized carbons (Fsp3) is 0.440. The van der Waals surface area contributed by atoms with Gasteiger partial charge in [-0.3, -0.25) is 4.79 Å². The third-order valence-corrected chi connectivity index (χ3v) is 6.44. The number of carbonyl (C=O) groups excluding carboxylic acids is 1. The number of esters is 1. The summed E-state index contributed by atoms with van der Waals surface area (Å²) in [4.78, 5) is 19.0. The third-order valence-electron chi connectivity index (χ3n) is 5.46. The summed E-state index contributed by atoms with van der Waals surface area (Å²) in [6.45, 7) is 6.93. The summed E-state index contributed by atoms with van der Waals surface area (Å²) in [6.07, 6.45) is 1.86. The summed E-state index contributed by atoms with van der Waals surface area (Å²) >= 11 is 1.53. The van der Waals surface area contributed by atoms with Crippen molar-refractivity contribution in [2.75, 3.05) is 26.9 Å². The Morgan fingerprint density at radius 2 is 1.84 bits per heavy atom. The first-order valence-electron chi connectivity index (χ1n) is 10.7. The average molecular weight is 460 g/mol. The van der Waals surface area contributed by atoms with Crippen LogP contribution in [0, 0.1) is 11.2 Å². The van der Waals surface area contributed by atoms with E-state index in [1.807, 2.05) is 31.2 Å². The number of oxime groups is 1. The van der Waals surface area contributed by atoms with Gasteiger partial charge in [0.1, 0.15) is 12.4 Å². The molecule has 1 fully saturated rings. The Hall–Kier alpha value is -2.38. The second-order valence-corrected chi connectivity index (χ2v) is 9.71. The predicted octanol–water partition coefficient (Wildman–Crippen LogP) is 5.81. The molecule has 7 heteroatoms. The maximum Gasteiger partial charge on any atom is 0.314 e. The Labute approximate surface area is 193 Å². The first-order chi connectivity index (χ1) is 15.3. The zero-order valence-corrected chi connectivity index (χ0v) is 19.8. The standard InChI is InChI=1S/C25H30FNO4S/c1-17(27-31-16-25(2,3)24(28)29-4)18-5-7-22(8-6-18)32-23-14-20(13-21(26)15-23)19-9-11-30-12-10-19/h5-8,13-15,19H,9-12,16H2,1-4H3/b27-17+. The maximum absolute atomic E-state index is 14.2. The lowest BCUT2D eigenvalue weighted by molar-refractivity contribution is -0.154. The molecule has 1 aliphatic heterocycles. The van der Waals surface area contributed by atoms with Gasteiger partial charge in [-0.2, -0.15) is 0 Å². The molecule has 0 unspecified atom stereocenters. The van der Waals surface area contributed by atoms with E-state index >= 15 is 0 Å². The quantitative estimate of drug-likeness (QED) is 0.283. The number of carbonyl (C=O) groups is 1. The van der Waals surface area contributed by atoms with Gasteiger partial charge in [0.15, 0.2) is 0 Å². The smallest absolute Gasteiger partial charge is 0.314 e. The molecule has 32 heavy (non-hydrogen) atoms. The molecule has 172 valence electrons. The minimum atomic E-state index is -0.770. The lowest BCUT2D eigenvalue weighted by atomic mass is 9.92. The van der Waals surface area contributed by atoms with Gasteiger partial charge in [0, 0.05) is 23.0 Å². The number of rotatable bonds is 8. The van der Waals surface area contributed by atoms with Crippen LogP contribution in [0.3, 0.4) is 0 Å². The molecule has 0 saturated carbocycles. The minimum Gasteiger partial charge on any atom is -0.469 e. The highest BCUT2D eigenvalue weighted by atomic mass is 32.2. The molecule has 0 amide bonds. The zero-order chi connectivity index (χ0) is 23.1. The number of methoxy groups -OCH3 is 1. The molecule has 2 aromatic carbocycles. The van der Waals surface area contributed by atoms with Crippen molar-refractivity contribution in [1.82, 2.24) is 0 Å². The van der Waals surface area contributed by atoms with E-state index in [-0.39, 0.29) is 18.4 Å².